The summed E-state index contributed by atoms with van der Waals surface area (Å²) >= 11 is 0. The molecule has 2 rings (SSSR count). The van der Waals surface area contributed by atoms with E-state index in [1.807, 2.05) is 0 Å². The van der Waals surface area contributed by atoms with Crippen molar-refractivity contribution in [3.63, 3.8) is 0 Å². The van der Waals surface area contributed by atoms with Gasteiger partial charge in [0.2, 0.25) is 5.91 Å². The SMILES string of the molecule is Nc1cc(F)ccc1NCCC(=O)N1CCOCC1. The molecular weight excluding hydrogens is 249 g/mol. The second-order valence-electron chi connectivity index (χ2n) is 4.40. The Labute approximate surface area is 111 Å². The number of nitrogens with two attached hydrogens (primary N) is 1. The van der Waals surface area contributed by atoms with E-state index in [1.165, 1.54) is 12.1 Å². The van der Waals surface area contributed by atoms with Crippen LogP contribution in [0, 0.1) is 5.82 Å². The first kappa shape index (κ1) is 13.6. The first-order valence-corrected chi connectivity index (χ1v) is 6.31. The normalized spacial score (nSPS) is 15.3. The summed E-state index contributed by atoms with van der Waals surface area (Å²) in [4.78, 5) is 13.7. The van der Waals surface area contributed by atoms with Crippen LogP contribution in [0.1, 0.15) is 6.42 Å². The quantitative estimate of drug-likeness (QED) is 0.801. The number of nitrogens with zero attached hydrogens (tertiary/aromatic N) is 1. The van der Waals surface area contributed by atoms with Gasteiger partial charge in [-0.3, -0.25) is 4.79 Å². The van der Waals surface area contributed by atoms with Crippen LogP contribution in [-0.2, 0) is 9.53 Å². The molecule has 0 radical (unpaired) electrons. The minimum Gasteiger partial charge on any atom is -0.397 e. The van der Waals surface area contributed by atoms with E-state index in [9.17, 15) is 9.18 Å². The van der Waals surface area contributed by atoms with Crippen LogP contribution < -0.4 is 11.1 Å². The van der Waals surface area contributed by atoms with Crippen molar-refractivity contribution in [3.05, 3.63) is 24.0 Å². The van der Waals surface area contributed by atoms with Gasteiger partial charge in [0.25, 0.3) is 0 Å². The third kappa shape index (κ3) is 3.82. The average Bonchev–Trinajstić information content (AvgIpc) is 2.42. The number of carbonyl (C=O) groups is 1. The number of rotatable bonds is 4. The molecule has 5 nitrogen and oxygen atoms in total. The van der Waals surface area contributed by atoms with Gasteiger partial charge in [-0.1, -0.05) is 0 Å². The van der Waals surface area contributed by atoms with Gasteiger partial charge < -0.3 is 20.7 Å². The monoisotopic (exact) mass is 267 g/mol. The largest absolute Gasteiger partial charge is 0.397 e. The van der Waals surface area contributed by atoms with Crippen molar-refractivity contribution in [2.24, 2.45) is 0 Å². The number of nitrogens with one attached hydrogen (secondary N) is 1. The maximum atomic E-state index is 12.9. The van der Waals surface area contributed by atoms with Gasteiger partial charge in [0, 0.05) is 26.1 Å². The van der Waals surface area contributed by atoms with Gasteiger partial charge in [0.15, 0.2) is 0 Å². The Hall–Kier alpha value is -1.82. The molecule has 1 aromatic rings. The summed E-state index contributed by atoms with van der Waals surface area (Å²) in [6, 6.07) is 4.17. The van der Waals surface area contributed by atoms with Crippen LogP contribution in [0.15, 0.2) is 18.2 Å². The first-order chi connectivity index (χ1) is 9.16. The molecule has 3 N–H and O–H groups in total. The van der Waals surface area contributed by atoms with Gasteiger partial charge in [0.1, 0.15) is 5.82 Å². The maximum Gasteiger partial charge on any atom is 0.224 e. The summed E-state index contributed by atoms with van der Waals surface area (Å²) in [5.41, 5.74) is 6.66. The number of ether oxygens (including phenoxy) is 1. The molecule has 0 unspecified atom stereocenters. The molecule has 1 heterocycles. The van der Waals surface area contributed by atoms with Gasteiger partial charge in [-0.2, -0.15) is 0 Å². The highest BCUT2D eigenvalue weighted by atomic mass is 19.1. The highest BCUT2D eigenvalue weighted by Crippen LogP contribution is 2.18. The fraction of sp³-hybridized carbons (Fsp3) is 0.462. The first-order valence-electron chi connectivity index (χ1n) is 6.31. The van der Waals surface area contributed by atoms with E-state index < -0.39 is 0 Å². The lowest BCUT2D eigenvalue weighted by Crippen LogP contribution is -2.41. The summed E-state index contributed by atoms with van der Waals surface area (Å²) in [6.07, 6.45) is 0.386. The van der Waals surface area contributed by atoms with Crippen molar-refractivity contribution >= 4 is 17.3 Å². The molecule has 1 fully saturated rings. The molecule has 0 atom stereocenters. The molecular formula is C13H18FN3O2. The van der Waals surface area contributed by atoms with Crippen molar-refractivity contribution in [3.8, 4) is 0 Å². The zero-order valence-electron chi connectivity index (χ0n) is 10.7. The van der Waals surface area contributed by atoms with E-state index in [2.05, 4.69) is 5.32 Å². The van der Waals surface area contributed by atoms with Crippen LogP contribution in [0.5, 0.6) is 0 Å². The van der Waals surface area contributed by atoms with Gasteiger partial charge in [-0.05, 0) is 18.2 Å². The highest BCUT2D eigenvalue weighted by Gasteiger charge is 2.16. The van der Waals surface area contributed by atoms with Crippen LogP contribution in [0.4, 0.5) is 15.8 Å². The number of benzene rings is 1. The number of hydrogen-bond donors (Lipinski definition) is 2. The zero-order valence-corrected chi connectivity index (χ0v) is 10.7. The van der Waals surface area contributed by atoms with E-state index in [1.54, 1.807) is 11.0 Å². The summed E-state index contributed by atoms with van der Waals surface area (Å²) in [5, 5.41) is 3.04. The second kappa shape index (κ2) is 6.38. The van der Waals surface area contributed by atoms with Gasteiger partial charge >= 0.3 is 0 Å². The number of halogens is 1. The molecule has 6 heteroatoms. The fourth-order valence-electron chi connectivity index (χ4n) is 1.97. The number of hydrogen-bond acceptors (Lipinski definition) is 4. The molecule has 0 bridgehead atoms. The third-order valence-electron chi connectivity index (χ3n) is 3.03. The molecule has 0 aliphatic carbocycles. The standard InChI is InChI=1S/C13H18FN3O2/c14-10-1-2-12(11(15)9-10)16-4-3-13(18)17-5-7-19-8-6-17/h1-2,9,16H,3-8,15H2. The summed E-state index contributed by atoms with van der Waals surface area (Å²) in [6.45, 7) is 2.98. The van der Waals surface area contributed by atoms with Crippen LogP contribution in [0.2, 0.25) is 0 Å². The molecule has 1 saturated heterocycles. The smallest absolute Gasteiger partial charge is 0.224 e. The summed E-state index contributed by atoms with van der Waals surface area (Å²) < 4.78 is 18.0. The Balaban J connectivity index is 1.78. The number of nitrogen functional groups attached to an aromatic ring is 1. The molecule has 19 heavy (non-hydrogen) atoms. The molecule has 0 spiro atoms. The molecule has 1 aliphatic rings. The van der Waals surface area contributed by atoms with Crippen molar-refractivity contribution < 1.29 is 13.9 Å². The molecule has 104 valence electrons. The lowest BCUT2D eigenvalue weighted by atomic mass is 10.2. The van der Waals surface area contributed by atoms with Gasteiger partial charge in [0.05, 0.1) is 24.6 Å². The van der Waals surface area contributed by atoms with E-state index in [4.69, 9.17) is 10.5 Å². The second-order valence-corrected chi connectivity index (χ2v) is 4.40. The van der Waals surface area contributed by atoms with Crippen molar-refractivity contribution in [2.45, 2.75) is 6.42 Å². The topological polar surface area (TPSA) is 67.6 Å². The van der Waals surface area contributed by atoms with Gasteiger partial charge in [-0.25, -0.2) is 4.39 Å². The van der Waals surface area contributed by atoms with E-state index in [0.717, 1.165) is 0 Å². The minimum atomic E-state index is -0.368. The van der Waals surface area contributed by atoms with Crippen LogP contribution in [-0.4, -0.2) is 43.7 Å². The number of morpholine rings is 1. The Morgan fingerprint density at radius 2 is 2.16 bits per heavy atom. The van der Waals surface area contributed by atoms with Crippen LogP contribution >= 0.6 is 0 Å². The number of amides is 1. The van der Waals surface area contributed by atoms with Crippen LogP contribution in [0.25, 0.3) is 0 Å². The molecule has 0 aromatic heterocycles. The maximum absolute atomic E-state index is 12.9. The van der Waals surface area contributed by atoms with Crippen molar-refractivity contribution in [1.82, 2.24) is 4.90 Å². The van der Waals surface area contributed by atoms with E-state index in [0.29, 0.717) is 50.6 Å². The summed E-state index contributed by atoms with van der Waals surface area (Å²) in [7, 11) is 0. The van der Waals surface area contributed by atoms with E-state index in [-0.39, 0.29) is 11.7 Å². The highest BCUT2D eigenvalue weighted by molar-refractivity contribution is 5.77. The fourth-order valence-corrected chi connectivity index (χ4v) is 1.97. The van der Waals surface area contributed by atoms with E-state index >= 15 is 0 Å². The van der Waals surface area contributed by atoms with Crippen molar-refractivity contribution in [2.75, 3.05) is 43.9 Å². The van der Waals surface area contributed by atoms with Crippen LogP contribution in [0.3, 0.4) is 0 Å². The van der Waals surface area contributed by atoms with Gasteiger partial charge in [-0.15, -0.1) is 0 Å². The molecule has 1 amide bonds. The molecule has 0 saturated carbocycles. The molecule has 1 aliphatic heterocycles. The average molecular weight is 267 g/mol. The van der Waals surface area contributed by atoms with Crippen molar-refractivity contribution in [1.29, 1.82) is 0 Å². The molecule has 1 aromatic carbocycles. The number of anilines is 2. The zero-order chi connectivity index (χ0) is 13.7. The Kier molecular flexibility index (Phi) is 4.57. The predicted molar refractivity (Wildman–Crippen MR) is 71.3 cm³/mol. The Bertz CT molecular complexity index is 448. The third-order valence-corrected chi connectivity index (χ3v) is 3.03. The number of carbonyl (C=O) groups excluding carboxylic acids is 1. The predicted octanol–water partition coefficient (Wildman–Crippen LogP) is 1.07. The lowest BCUT2D eigenvalue weighted by Gasteiger charge is -2.27. The summed E-state index contributed by atoms with van der Waals surface area (Å²) in [5.74, 6) is -0.274. The Morgan fingerprint density at radius 3 is 2.84 bits per heavy atom. The minimum absolute atomic E-state index is 0.0940. The lowest BCUT2D eigenvalue weighted by molar-refractivity contribution is -0.134. The Morgan fingerprint density at radius 1 is 1.42 bits per heavy atom.